The number of halogens is 1. The Balaban J connectivity index is 2.41. The molecule has 2 rings (SSSR count). The van der Waals surface area contributed by atoms with Crippen molar-refractivity contribution in [3.63, 3.8) is 0 Å². The van der Waals surface area contributed by atoms with Crippen molar-refractivity contribution < 1.29 is 24.1 Å². The summed E-state index contributed by atoms with van der Waals surface area (Å²) >= 11 is 0. The topological polar surface area (TPSA) is 66.8 Å². The molecule has 0 aliphatic rings. The van der Waals surface area contributed by atoms with Crippen molar-refractivity contribution in [1.29, 1.82) is 0 Å². The lowest BCUT2D eigenvalue weighted by Crippen LogP contribution is -2.45. The summed E-state index contributed by atoms with van der Waals surface area (Å²) < 4.78 is 19.1. The average molecular weight is 374 g/mol. The molecule has 0 radical (unpaired) electrons. The Hall–Kier alpha value is -2.40. The Labute approximate surface area is 159 Å². The minimum atomic E-state index is -2.00. The predicted molar refractivity (Wildman–Crippen MR) is 103 cm³/mol. The number of ether oxygens (including phenoxy) is 1. The molecule has 0 aliphatic heterocycles. The maximum atomic E-state index is 13.8. The van der Waals surface area contributed by atoms with Gasteiger partial charge in [0, 0.05) is 12.0 Å². The van der Waals surface area contributed by atoms with Gasteiger partial charge in [0.1, 0.15) is 11.6 Å². The molecule has 2 N–H and O–H groups in total. The third-order valence-corrected chi connectivity index (χ3v) is 4.80. The van der Waals surface area contributed by atoms with Gasteiger partial charge in [-0.2, -0.15) is 0 Å². The lowest BCUT2D eigenvalue weighted by molar-refractivity contribution is -0.160. The molecular formula is C22H27FO4. The zero-order valence-corrected chi connectivity index (χ0v) is 16.5. The molecule has 4 nitrogen and oxygen atoms in total. The summed E-state index contributed by atoms with van der Waals surface area (Å²) in [7, 11) is 1.48. The van der Waals surface area contributed by atoms with E-state index >= 15 is 0 Å². The van der Waals surface area contributed by atoms with Crippen molar-refractivity contribution in [3.05, 3.63) is 64.5 Å². The molecular weight excluding hydrogens is 347 g/mol. The molecule has 0 amide bonds. The van der Waals surface area contributed by atoms with Crippen LogP contribution >= 0.6 is 0 Å². The van der Waals surface area contributed by atoms with E-state index < -0.39 is 22.8 Å². The van der Waals surface area contributed by atoms with Gasteiger partial charge >= 0.3 is 5.97 Å². The van der Waals surface area contributed by atoms with E-state index in [-0.39, 0.29) is 12.8 Å². The Bertz CT molecular complexity index is 824. The van der Waals surface area contributed by atoms with Crippen LogP contribution in [0.2, 0.25) is 0 Å². The summed E-state index contributed by atoms with van der Waals surface area (Å²) in [6.07, 6.45) is -0.131. The minimum Gasteiger partial charge on any atom is -0.496 e. The van der Waals surface area contributed by atoms with Crippen LogP contribution in [0.15, 0.2) is 36.4 Å². The Morgan fingerprint density at radius 3 is 2.22 bits per heavy atom. The first-order valence-corrected chi connectivity index (χ1v) is 8.84. The van der Waals surface area contributed by atoms with Crippen molar-refractivity contribution in [2.75, 3.05) is 7.11 Å². The molecule has 2 aromatic rings. The van der Waals surface area contributed by atoms with Crippen molar-refractivity contribution in [3.8, 4) is 5.75 Å². The third kappa shape index (κ3) is 4.86. The van der Waals surface area contributed by atoms with Crippen LogP contribution in [0.3, 0.4) is 0 Å². The van der Waals surface area contributed by atoms with E-state index in [2.05, 4.69) is 0 Å². The molecule has 1 unspecified atom stereocenters. The maximum absolute atomic E-state index is 13.8. The van der Waals surface area contributed by atoms with E-state index in [1.807, 2.05) is 32.0 Å². The van der Waals surface area contributed by atoms with Crippen molar-refractivity contribution in [2.24, 2.45) is 0 Å². The smallest absolute Gasteiger partial charge is 0.336 e. The number of aliphatic hydroxyl groups is 1. The first-order chi connectivity index (χ1) is 12.5. The maximum Gasteiger partial charge on any atom is 0.336 e. The van der Waals surface area contributed by atoms with Crippen LogP contribution < -0.4 is 4.74 Å². The number of aliphatic carboxylic acids is 1. The van der Waals surface area contributed by atoms with E-state index in [0.717, 1.165) is 16.7 Å². The van der Waals surface area contributed by atoms with E-state index in [1.165, 1.54) is 25.3 Å². The normalized spacial score (nSPS) is 13.9. The lowest BCUT2D eigenvalue weighted by atomic mass is 9.73. The summed E-state index contributed by atoms with van der Waals surface area (Å²) in [6.45, 7) is 7.41. The first-order valence-electron chi connectivity index (χ1n) is 8.84. The molecule has 0 fully saturated rings. The highest BCUT2D eigenvalue weighted by atomic mass is 19.1. The zero-order valence-electron chi connectivity index (χ0n) is 16.5. The van der Waals surface area contributed by atoms with E-state index in [9.17, 15) is 19.4 Å². The summed E-state index contributed by atoms with van der Waals surface area (Å²) in [5.74, 6) is -1.28. The van der Waals surface area contributed by atoms with Crippen LogP contribution in [0.5, 0.6) is 5.75 Å². The number of carboxylic acid groups (broad SMARTS) is 1. The lowest BCUT2D eigenvalue weighted by Gasteiger charge is -2.35. The SMILES string of the molecule is COc1ccc(F)cc1C(C)(C)CC(O)(Cc1cc(C)cc(C)c1)C(=O)O. The Kier molecular flexibility index (Phi) is 5.95. The monoisotopic (exact) mass is 374 g/mol. The second kappa shape index (κ2) is 7.69. The summed E-state index contributed by atoms with van der Waals surface area (Å²) in [6, 6.07) is 9.86. The van der Waals surface area contributed by atoms with Gasteiger partial charge in [-0.05, 0) is 49.4 Å². The van der Waals surface area contributed by atoms with Crippen LogP contribution in [0.25, 0.3) is 0 Å². The Morgan fingerprint density at radius 2 is 1.70 bits per heavy atom. The van der Waals surface area contributed by atoms with Crippen LogP contribution in [-0.4, -0.2) is 28.9 Å². The highest BCUT2D eigenvalue weighted by Gasteiger charge is 2.43. The molecule has 0 bridgehead atoms. The van der Waals surface area contributed by atoms with Gasteiger partial charge in [0.25, 0.3) is 0 Å². The number of carbonyl (C=O) groups is 1. The summed E-state index contributed by atoms with van der Waals surface area (Å²) in [4.78, 5) is 12.0. The molecule has 2 aromatic carbocycles. The number of hydrogen-bond donors (Lipinski definition) is 2. The molecule has 27 heavy (non-hydrogen) atoms. The van der Waals surface area contributed by atoms with Crippen molar-refractivity contribution >= 4 is 5.97 Å². The fourth-order valence-electron chi connectivity index (χ4n) is 3.76. The van der Waals surface area contributed by atoms with Crippen LogP contribution in [0.4, 0.5) is 4.39 Å². The van der Waals surface area contributed by atoms with E-state index in [0.29, 0.717) is 11.3 Å². The Morgan fingerprint density at radius 1 is 1.11 bits per heavy atom. The van der Waals surface area contributed by atoms with Gasteiger partial charge in [-0.25, -0.2) is 9.18 Å². The number of rotatable bonds is 7. The van der Waals surface area contributed by atoms with Crippen molar-refractivity contribution in [1.82, 2.24) is 0 Å². The van der Waals surface area contributed by atoms with Crippen LogP contribution in [-0.2, 0) is 16.6 Å². The van der Waals surface area contributed by atoms with Gasteiger partial charge in [-0.1, -0.05) is 43.2 Å². The molecule has 0 spiro atoms. The van der Waals surface area contributed by atoms with Gasteiger partial charge in [-0.15, -0.1) is 0 Å². The van der Waals surface area contributed by atoms with Gasteiger partial charge in [-0.3, -0.25) is 0 Å². The summed E-state index contributed by atoms with van der Waals surface area (Å²) in [5, 5.41) is 20.8. The standard InChI is InChI=1S/C22H27FO4/c1-14-8-15(2)10-16(9-14)12-22(26,20(24)25)13-21(3,4)18-11-17(23)6-7-19(18)27-5/h6-11,26H,12-13H2,1-5H3,(H,24,25). The van der Waals surface area contributed by atoms with Crippen LogP contribution in [0.1, 0.15) is 42.5 Å². The largest absolute Gasteiger partial charge is 0.496 e. The highest BCUT2D eigenvalue weighted by molar-refractivity contribution is 5.78. The van der Waals surface area contributed by atoms with E-state index in [1.54, 1.807) is 13.8 Å². The zero-order chi connectivity index (χ0) is 20.4. The molecule has 5 heteroatoms. The molecule has 0 saturated carbocycles. The molecule has 1 atom stereocenters. The van der Waals surface area contributed by atoms with Crippen molar-refractivity contribution in [2.45, 2.75) is 51.6 Å². The highest BCUT2D eigenvalue weighted by Crippen LogP contribution is 2.39. The molecule has 0 aliphatic carbocycles. The predicted octanol–water partition coefficient (Wildman–Crippen LogP) is 4.18. The second-order valence-electron chi connectivity index (χ2n) is 7.91. The second-order valence-corrected chi connectivity index (χ2v) is 7.91. The minimum absolute atomic E-state index is 0.0358. The number of carboxylic acids is 1. The number of aryl methyl sites for hydroxylation is 2. The quantitative estimate of drug-likeness (QED) is 0.763. The van der Waals surface area contributed by atoms with Gasteiger partial charge < -0.3 is 14.9 Å². The summed E-state index contributed by atoms with van der Waals surface area (Å²) in [5.41, 5.74) is 0.442. The van der Waals surface area contributed by atoms with Gasteiger partial charge in [0.05, 0.1) is 7.11 Å². The first kappa shape index (κ1) is 20.9. The number of methoxy groups -OCH3 is 1. The van der Waals surface area contributed by atoms with Gasteiger partial charge in [0.2, 0.25) is 0 Å². The molecule has 0 heterocycles. The number of hydrogen-bond acceptors (Lipinski definition) is 3. The van der Waals surface area contributed by atoms with Crippen LogP contribution in [0, 0.1) is 19.7 Å². The molecule has 0 saturated heterocycles. The average Bonchev–Trinajstić information content (AvgIpc) is 2.53. The fourth-order valence-corrected chi connectivity index (χ4v) is 3.76. The van der Waals surface area contributed by atoms with Gasteiger partial charge in [0.15, 0.2) is 5.60 Å². The molecule has 0 aromatic heterocycles. The number of benzene rings is 2. The third-order valence-electron chi connectivity index (χ3n) is 4.80. The molecule has 146 valence electrons. The van der Waals surface area contributed by atoms with E-state index in [4.69, 9.17) is 4.74 Å². The fraction of sp³-hybridized carbons (Fsp3) is 0.409.